The lowest BCUT2D eigenvalue weighted by Gasteiger charge is -2.21. The number of carbonyl (C=O) groups excluding carboxylic acids is 2. The summed E-state index contributed by atoms with van der Waals surface area (Å²) in [4.78, 5) is 31.0. The van der Waals surface area contributed by atoms with Crippen LogP contribution < -0.4 is 4.90 Å². The van der Waals surface area contributed by atoms with E-state index in [4.69, 9.17) is 12.2 Å². The summed E-state index contributed by atoms with van der Waals surface area (Å²) in [6.07, 6.45) is 10.2. The molecule has 4 nitrogen and oxygen atoms in total. The van der Waals surface area contributed by atoms with Crippen LogP contribution in [0.25, 0.3) is 5.57 Å². The lowest BCUT2D eigenvalue weighted by molar-refractivity contribution is -0.123. The molecule has 0 saturated carbocycles. The van der Waals surface area contributed by atoms with Crippen molar-refractivity contribution in [3.8, 4) is 0 Å². The molecule has 6 heteroatoms. The van der Waals surface area contributed by atoms with Crippen molar-refractivity contribution in [2.24, 2.45) is 5.92 Å². The van der Waals surface area contributed by atoms with E-state index in [1.165, 1.54) is 31.0 Å². The van der Waals surface area contributed by atoms with E-state index in [0.29, 0.717) is 33.8 Å². The van der Waals surface area contributed by atoms with Crippen molar-refractivity contribution in [2.45, 2.75) is 78.6 Å². The Morgan fingerprint density at radius 3 is 2.34 bits per heavy atom. The molecule has 0 aliphatic carbocycles. The smallest absolute Gasteiger partial charge is 0.267 e. The molecule has 0 bridgehead atoms. The average molecular weight is 473 g/mol. The molecule has 0 unspecified atom stereocenters. The molecule has 1 atom stereocenters. The average Bonchev–Trinajstić information content (AvgIpc) is 3.23. The number of unbranched alkanes of at least 4 members (excludes halogenated alkanes) is 5. The number of hydrogen-bond acceptors (Lipinski definition) is 4. The molecule has 2 amide bonds. The zero-order valence-corrected chi connectivity index (χ0v) is 21.3. The standard InChI is InChI=1S/C26H36N2O2S2/c1-4-7-9-10-13-17-27-21-16-12-11-15-20(21)22(24(27)29)23-25(30)28(26(31)32-23)18-19(6-3)14-8-5-2/h11-12,15-16,19H,4-10,13-14,17-18H2,1-3H3/b23-22-/t19-/m0/s1. The topological polar surface area (TPSA) is 40.6 Å². The molecule has 1 fully saturated rings. The van der Waals surface area contributed by atoms with Gasteiger partial charge in [0.25, 0.3) is 11.8 Å². The van der Waals surface area contributed by atoms with Gasteiger partial charge in [-0.3, -0.25) is 14.5 Å². The van der Waals surface area contributed by atoms with Gasteiger partial charge in [0.15, 0.2) is 0 Å². The van der Waals surface area contributed by atoms with Crippen molar-refractivity contribution in [1.29, 1.82) is 0 Å². The fourth-order valence-corrected chi connectivity index (χ4v) is 5.82. The number of para-hydroxylation sites is 1. The van der Waals surface area contributed by atoms with Gasteiger partial charge in [-0.25, -0.2) is 0 Å². The Morgan fingerprint density at radius 2 is 1.62 bits per heavy atom. The normalized spacial score (nSPS) is 19.3. The number of thioether (sulfide) groups is 1. The summed E-state index contributed by atoms with van der Waals surface area (Å²) in [5.41, 5.74) is 2.32. The predicted molar refractivity (Wildman–Crippen MR) is 140 cm³/mol. The third kappa shape index (κ3) is 5.45. The van der Waals surface area contributed by atoms with Gasteiger partial charge < -0.3 is 4.90 Å². The molecule has 0 aromatic heterocycles. The first-order chi connectivity index (χ1) is 15.5. The first-order valence-corrected chi connectivity index (χ1v) is 13.4. The Balaban J connectivity index is 1.82. The van der Waals surface area contributed by atoms with E-state index in [0.717, 1.165) is 49.8 Å². The molecule has 1 saturated heterocycles. The number of rotatable bonds is 12. The first kappa shape index (κ1) is 25.0. The molecular formula is C26H36N2O2S2. The fourth-order valence-electron chi connectivity index (χ4n) is 4.48. The molecule has 3 rings (SSSR count). The van der Waals surface area contributed by atoms with E-state index in [1.54, 1.807) is 4.90 Å². The molecule has 0 radical (unpaired) electrons. The van der Waals surface area contributed by atoms with Crippen LogP contribution in [0, 0.1) is 5.92 Å². The van der Waals surface area contributed by atoms with Gasteiger partial charge in [0.2, 0.25) is 0 Å². The van der Waals surface area contributed by atoms with E-state index in [-0.39, 0.29) is 11.8 Å². The fraction of sp³-hybridized carbons (Fsp3) is 0.577. The van der Waals surface area contributed by atoms with Crippen LogP contribution >= 0.6 is 24.0 Å². The highest BCUT2D eigenvalue weighted by Crippen LogP contribution is 2.44. The van der Waals surface area contributed by atoms with Gasteiger partial charge in [-0.1, -0.05) is 108 Å². The van der Waals surface area contributed by atoms with Gasteiger partial charge in [0.1, 0.15) is 4.32 Å². The number of amides is 2. The number of nitrogens with zero attached hydrogens (tertiary/aromatic N) is 2. The van der Waals surface area contributed by atoms with Gasteiger partial charge in [-0.15, -0.1) is 0 Å². The van der Waals surface area contributed by atoms with Crippen LogP contribution in [0.1, 0.15) is 84.1 Å². The molecule has 174 valence electrons. The first-order valence-electron chi connectivity index (χ1n) is 12.2. The van der Waals surface area contributed by atoms with Gasteiger partial charge >= 0.3 is 0 Å². The van der Waals surface area contributed by atoms with Crippen LogP contribution in [-0.2, 0) is 9.59 Å². The Morgan fingerprint density at radius 1 is 0.906 bits per heavy atom. The minimum absolute atomic E-state index is 0.0554. The van der Waals surface area contributed by atoms with Gasteiger partial charge in [-0.05, 0) is 24.8 Å². The van der Waals surface area contributed by atoms with Crippen molar-refractivity contribution in [1.82, 2.24) is 4.90 Å². The molecule has 1 aromatic rings. The SMILES string of the molecule is CCCCCCCN1C(=O)/C(=C2\SC(=S)N(C[C@@H](CC)CCCC)C2=O)c2ccccc21. The summed E-state index contributed by atoms with van der Waals surface area (Å²) in [5, 5.41) is 0. The second-order valence-corrected chi connectivity index (χ2v) is 10.4. The largest absolute Gasteiger partial charge is 0.308 e. The van der Waals surface area contributed by atoms with Crippen LogP contribution in [0.3, 0.4) is 0 Å². The third-order valence-corrected chi connectivity index (χ3v) is 7.92. The molecule has 1 aromatic carbocycles. The number of thiocarbonyl (C=S) groups is 1. The van der Waals surface area contributed by atoms with E-state index in [2.05, 4.69) is 20.8 Å². The van der Waals surface area contributed by atoms with Crippen LogP contribution in [0.4, 0.5) is 5.69 Å². The van der Waals surface area contributed by atoms with Crippen LogP contribution in [0.15, 0.2) is 29.2 Å². The highest BCUT2D eigenvalue weighted by molar-refractivity contribution is 8.26. The maximum Gasteiger partial charge on any atom is 0.267 e. The lowest BCUT2D eigenvalue weighted by atomic mass is 9.98. The molecule has 2 heterocycles. The minimum Gasteiger partial charge on any atom is -0.308 e. The van der Waals surface area contributed by atoms with Crippen molar-refractivity contribution >= 4 is 51.4 Å². The molecular weight excluding hydrogens is 436 g/mol. The predicted octanol–water partition coefficient (Wildman–Crippen LogP) is 6.79. The second kappa shape index (κ2) is 12.0. The van der Waals surface area contributed by atoms with E-state index in [9.17, 15) is 9.59 Å². The van der Waals surface area contributed by atoms with E-state index < -0.39 is 0 Å². The highest BCUT2D eigenvalue weighted by atomic mass is 32.2. The monoisotopic (exact) mass is 472 g/mol. The summed E-state index contributed by atoms with van der Waals surface area (Å²) in [5.74, 6) is 0.283. The zero-order chi connectivity index (χ0) is 23.1. The summed E-state index contributed by atoms with van der Waals surface area (Å²) >= 11 is 6.89. The van der Waals surface area contributed by atoms with Crippen molar-refractivity contribution in [3.05, 3.63) is 34.7 Å². The van der Waals surface area contributed by atoms with E-state index >= 15 is 0 Å². The number of carbonyl (C=O) groups is 2. The third-order valence-electron chi connectivity index (χ3n) is 6.47. The molecule has 2 aliphatic heterocycles. The maximum absolute atomic E-state index is 13.5. The Bertz CT molecular complexity index is 880. The Labute approximate surface area is 202 Å². The number of fused-ring (bicyclic) bond motifs is 1. The molecule has 0 spiro atoms. The summed E-state index contributed by atoms with van der Waals surface area (Å²) in [7, 11) is 0. The lowest BCUT2D eigenvalue weighted by Crippen LogP contribution is -2.33. The van der Waals surface area contributed by atoms with Gasteiger partial charge in [-0.2, -0.15) is 0 Å². The van der Waals surface area contributed by atoms with Crippen molar-refractivity contribution < 1.29 is 9.59 Å². The van der Waals surface area contributed by atoms with Crippen molar-refractivity contribution in [3.63, 3.8) is 0 Å². The quantitative estimate of drug-likeness (QED) is 0.191. The number of hydrogen-bond donors (Lipinski definition) is 0. The number of anilines is 1. The summed E-state index contributed by atoms with van der Waals surface area (Å²) < 4.78 is 0.579. The summed E-state index contributed by atoms with van der Waals surface area (Å²) in [6.45, 7) is 7.91. The maximum atomic E-state index is 13.5. The summed E-state index contributed by atoms with van der Waals surface area (Å²) in [6, 6.07) is 7.85. The van der Waals surface area contributed by atoms with Gasteiger partial charge in [0.05, 0.1) is 16.2 Å². The molecule has 2 aliphatic rings. The van der Waals surface area contributed by atoms with E-state index in [1.807, 2.05) is 29.2 Å². The molecule has 32 heavy (non-hydrogen) atoms. The second-order valence-electron chi connectivity index (χ2n) is 8.79. The van der Waals surface area contributed by atoms with Crippen LogP contribution in [-0.4, -0.2) is 34.1 Å². The van der Waals surface area contributed by atoms with Crippen molar-refractivity contribution in [2.75, 3.05) is 18.0 Å². The van der Waals surface area contributed by atoms with Crippen LogP contribution in [0.2, 0.25) is 0 Å². The zero-order valence-electron chi connectivity index (χ0n) is 19.7. The minimum atomic E-state index is -0.0992. The molecule has 0 N–H and O–H groups in total. The highest BCUT2D eigenvalue weighted by Gasteiger charge is 2.42. The van der Waals surface area contributed by atoms with Gasteiger partial charge in [0, 0.05) is 18.7 Å². The van der Waals surface area contributed by atoms with Crippen LogP contribution in [0.5, 0.6) is 0 Å². The Hall–Kier alpha value is -1.66. The Kier molecular flexibility index (Phi) is 9.35. The number of benzene rings is 1.